The zero-order chi connectivity index (χ0) is 9.84. The highest BCUT2D eigenvalue weighted by molar-refractivity contribution is 7.98. The molecule has 0 unspecified atom stereocenters. The van der Waals surface area contributed by atoms with E-state index in [4.69, 9.17) is 10.9 Å². The van der Waals surface area contributed by atoms with E-state index in [-0.39, 0.29) is 5.84 Å². The molecule has 70 valence electrons. The molecule has 1 aromatic heterocycles. The Morgan fingerprint density at radius 3 is 2.85 bits per heavy atom. The maximum absolute atomic E-state index is 8.44. The van der Waals surface area contributed by atoms with Gasteiger partial charge in [0, 0.05) is 11.8 Å². The summed E-state index contributed by atoms with van der Waals surface area (Å²) in [6.07, 6.45) is 3.55. The summed E-state index contributed by atoms with van der Waals surface area (Å²) in [7, 11) is 0. The van der Waals surface area contributed by atoms with Gasteiger partial charge in [-0.25, -0.2) is 4.98 Å². The number of rotatable bonds is 2. The first-order valence-corrected chi connectivity index (χ1v) is 4.90. The molecule has 5 heteroatoms. The lowest BCUT2D eigenvalue weighted by molar-refractivity contribution is 0.318. The summed E-state index contributed by atoms with van der Waals surface area (Å²) < 4.78 is 0. The van der Waals surface area contributed by atoms with Crippen LogP contribution >= 0.6 is 11.8 Å². The number of aryl methyl sites for hydroxylation is 1. The van der Waals surface area contributed by atoms with E-state index in [1.165, 1.54) is 0 Å². The molecule has 0 aliphatic heterocycles. The predicted octanol–water partition coefficient (Wildman–Crippen LogP) is 1.21. The number of hydrogen-bond donors (Lipinski definition) is 2. The van der Waals surface area contributed by atoms with E-state index >= 15 is 0 Å². The van der Waals surface area contributed by atoms with E-state index in [1.54, 1.807) is 18.0 Å². The second kappa shape index (κ2) is 4.13. The molecule has 0 aliphatic rings. The maximum Gasteiger partial charge on any atom is 0.171 e. The molecular weight excluding hydrogens is 186 g/mol. The SMILES string of the molecule is CSc1ncc(/C(N)=N/O)cc1C. The number of nitrogens with two attached hydrogens (primary N) is 1. The van der Waals surface area contributed by atoms with Crippen LogP contribution in [0.5, 0.6) is 0 Å². The van der Waals surface area contributed by atoms with Crippen molar-refractivity contribution in [3.63, 3.8) is 0 Å². The van der Waals surface area contributed by atoms with E-state index in [9.17, 15) is 0 Å². The van der Waals surface area contributed by atoms with Gasteiger partial charge in [0.15, 0.2) is 5.84 Å². The largest absolute Gasteiger partial charge is 0.409 e. The van der Waals surface area contributed by atoms with Crippen LogP contribution in [0.3, 0.4) is 0 Å². The van der Waals surface area contributed by atoms with Crippen molar-refractivity contribution < 1.29 is 5.21 Å². The molecule has 0 atom stereocenters. The van der Waals surface area contributed by atoms with E-state index in [0.717, 1.165) is 10.6 Å². The fraction of sp³-hybridized carbons (Fsp3) is 0.250. The number of hydrogen-bond acceptors (Lipinski definition) is 4. The quantitative estimate of drug-likeness (QED) is 0.246. The normalized spacial score (nSPS) is 11.7. The van der Waals surface area contributed by atoms with E-state index in [2.05, 4.69) is 10.1 Å². The van der Waals surface area contributed by atoms with Crippen LogP contribution in [0.25, 0.3) is 0 Å². The highest BCUT2D eigenvalue weighted by atomic mass is 32.2. The molecule has 0 amide bonds. The molecule has 0 saturated heterocycles. The number of oxime groups is 1. The minimum absolute atomic E-state index is 0.0863. The van der Waals surface area contributed by atoms with Crippen LogP contribution in [0.15, 0.2) is 22.4 Å². The molecule has 0 bridgehead atoms. The van der Waals surface area contributed by atoms with Crippen molar-refractivity contribution in [2.75, 3.05) is 6.26 Å². The average Bonchev–Trinajstić information content (AvgIpc) is 2.16. The van der Waals surface area contributed by atoms with Gasteiger partial charge in [0.05, 0.1) is 5.03 Å². The molecule has 1 heterocycles. The summed E-state index contributed by atoms with van der Waals surface area (Å²) in [5.41, 5.74) is 7.07. The monoisotopic (exact) mass is 197 g/mol. The lowest BCUT2D eigenvalue weighted by Crippen LogP contribution is -2.13. The highest BCUT2D eigenvalue weighted by Crippen LogP contribution is 2.17. The Morgan fingerprint density at radius 1 is 1.69 bits per heavy atom. The predicted molar refractivity (Wildman–Crippen MR) is 53.3 cm³/mol. The van der Waals surface area contributed by atoms with Crippen LogP contribution in [0.4, 0.5) is 0 Å². The smallest absolute Gasteiger partial charge is 0.171 e. The average molecular weight is 197 g/mol. The number of aromatic nitrogens is 1. The van der Waals surface area contributed by atoms with Crippen LogP contribution in [-0.4, -0.2) is 22.3 Å². The molecule has 4 nitrogen and oxygen atoms in total. The summed E-state index contributed by atoms with van der Waals surface area (Å²) >= 11 is 1.57. The molecule has 1 aromatic rings. The van der Waals surface area contributed by atoms with Crippen molar-refractivity contribution in [2.45, 2.75) is 11.9 Å². The Hall–Kier alpha value is -1.23. The molecule has 0 fully saturated rings. The van der Waals surface area contributed by atoms with E-state index in [0.29, 0.717) is 5.56 Å². The van der Waals surface area contributed by atoms with Crippen molar-refractivity contribution in [3.8, 4) is 0 Å². The van der Waals surface area contributed by atoms with Crippen molar-refractivity contribution in [1.29, 1.82) is 0 Å². The number of thioether (sulfide) groups is 1. The van der Waals surface area contributed by atoms with Crippen LogP contribution in [0.1, 0.15) is 11.1 Å². The van der Waals surface area contributed by atoms with Gasteiger partial charge in [-0.05, 0) is 24.8 Å². The number of nitrogens with zero attached hydrogens (tertiary/aromatic N) is 2. The van der Waals surface area contributed by atoms with Gasteiger partial charge in [-0.3, -0.25) is 0 Å². The van der Waals surface area contributed by atoms with Crippen LogP contribution in [-0.2, 0) is 0 Å². The summed E-state index contributed by atoms with van der Waals surface area (Å²) in [5.74, 6) is 0.0863. The Kier molecular flexibility index (Phi) is 3.13. The third-order valence-electron chi connectivity index (χ3n) is 1.63. The standard InChI is InChI=1S/C8H11N3OS/c1-5-3-6(7(9)11-12)4-10-8(5)13-2/h3-4,12H,1-2H3,(H2,9,11). The first kappa shape index (κ1) is 9.85. The van der Waals surface area contributed by atoms with E-state index in [1.807, 2.05) is 19.2 Å². The summed E-state index contributed by atoms with van der Waals surface area (Å²) in [6, 6.07) is 1.84. The highest BCUT2D eigenvalue weighted by Gasteiger charge is 2.03. The van der Waals surface area contributed by atoms with Crippen LogP contribution in [0.2, 0.25) is 0 Å². The fourth-order valence-corrected chi connectivity index (χ4v) is 1.51. The summed E-state index contributed by atoms with van der Waals surface area (Å²) in [6.45, 7) is 1.94. The third-order valence-corrected chi connectivity index (χ3v) is 2.44. The van der Waals surface area contributed by atoms with Crippen LogP contribution < -0.4 is 5.73 Å². The Morgan fingerprint density at radius 2 is 2.38 bits per heavy atom. The maximum atomic E-state index is 8.44. The van der Waals surface area contributed by atoms with Gasteiger partial charge in [-0.2, -0.15) is 0 Å². The second-order valence-electron chi connectivity index (χ2n) is 2.54. The molecular formula is C8H11N3OS. The van der Waals surface area contributed by atoms with Gasteiger partial charge in [-0.15, -0.1) is 11.8 Å². The van der Waals surface area contributed by atoms with Gasteiger partial charge in [0.25, 0.3) is 0 Å². The van der Waals surface area contributed by atoms with Crippen molar-refractivity contribution in [3.05, 3.63) is 23.4 Å². The van der Waals surface area contributed by atoms with Gasteiger partial charge in [0.1, 0.15) is 0 Å². The number of pyridine rings is 1. The molecule has 13 heavy (non-hydrogen) atoms. The molecule has 0 radical (unpaired) electrons. The zero-order valence-electron chi connectivity index (χ0n) is 7.48. The molecule has 0 aromatic carbocycles. The van der Waals surface area contributed by atoms with Crippen LogP contribution in [0, 0.1) is 6.92 Å². The Bertz CT molecular complexity index is 338. The van der Waals surface area contributed by atoms with Gasteiger partial charge in [0.2, 0.25) is 0 Å². The van der Waals surface area contributed by atoms with Gasteiger partial charge >= 0.3 is 0 Å². The van der Waals surface area contributed by atoms with Gasteiger partial charge in [-0.1, -0.05) is 5.16 Å². The zero-order valence-corrected chi connectivity index (χ0v) is 8.30. The van der Waals surface area contributed by atoms with Gasteiger partial charge < -0.3 is 10.9 Å². The van der Waals surface area contributed by atoms with E-state index < -0.39 is 0 Å². The first-order valence-electron chi connectivity index (χ1n) is 3.67. The first-order chi connectivity index (χ1) is 6.19. The van der Waals surface area contributed by atoms with Crippen molar-refractivity contribution in [2.24, 2.45) is 10.9 Å². The van der Waals surface area contributed by atoms with Crippen molar-refractivity contribution >= 4 is 17.6 Å². The van der Waals surface area contributed by atoms with Crippen molar-refractivity contribution in [1.82, 2.24) is 4.98 Å². The third kappa shape index (κ3) is 2.12. The lowest BCUT2D eigenvalue weighted by atomic mass is 10.2. The lowest BCUT2D eigenvalue weighted by Gasteiger charge is -2.03. The fourth-order valence-electron chi connectivity index (χ4n) is 0.974. The Labute approximate surface area is 80.9 Å². The topological polar surface area (TPSA) is 71.5 Å². The summed E-state index contributed by atoms with van der Waals surface area (Å²) in [5, 5.41) is 12.3. The second-order valence-corrected chi connectivity index (χ2v) is 3.33. The molecule has 1 rings (SSSR count). The molecule has 0 spiro atoms. The Balaban J connectivity index is 3.10. The molecule has 0 aliphatic carbocycles. The molecule has 3 N–H and O–H groups in total. The minimum atomic E-state index is 0.0863. The number of amidine groups is 1. The minimum Gasteiger partial charge on any atom is -0.409 e. The molecule has 0 saturated carbocycles. The summed E-state index contributed by atoms with van der Waals surface area (Å²) in [4.78, 5) is 4.16.